The van der Waals surface area contributed by atoms with Gasteiger partial charge in [-0.2, -0.15) is 0 Å². The number of aliphatic hydroxyl groups excluding tert-OH is 3. The maximum Gasteiger partial charge on any atom is 0.338 e. The van der Waals surface area contributed by atoms with Crippen LogP contribution in [-0.2, 0) is 14.3 Å². The van der Waals surface area contributed by atoms with Gasteiger partial charge in [-0.05, 0) is 0 Å². The van der Waals surface area contributed by atoms with Crippen molar-refractivity contribution in [3.63, 3.8) is 0 Å². The number of aldehydes is 1. The van der Waals surface area contributed by atoms with E-state index in [1.54, 1.807) is 0 Å². The molecule has 0 aliphatic carbocycles. The van der Waals surface area contributed by atoms with Gasteiger partial charge >= 0.3 is 5.97 Å². The number of ether oxygens (including phenoxy) is 1. The van der Waals surface area contributed by atoms with Crippen molar-refractivity contribution in [2.45, 2.75) is 24.1 Å². The average molecular weight is 224 g/mol. The van der Waals surface area contributed by atoms with E-state index in [2.05, 4.69) is 4.74 Å². The average Bonchev–Trinajstić information content (AvgIpc) is 2.24. The summed E-state index contributed by atoms with van der Waals surface area (Å²) in [7, 11) is 0.799. The Morgan fingerprint density at radius 2 is 1.87 bits per heavy atom. The number of carbonyl (C=O) groups is 2. The minimum Gasteiger partial charge on any atom is -0.479 e. The van der Waals surface area contributed by atoms with E-state index in [-0.39, 0.29) is 6.29 Å². The highest BCUT2D eigenvalue weighted by Gasteiger charge is 2.50. The van der Waals surface area contributed by atoms with Crippen LogP contribution in [0.1, 0.15) is 0 Å². The second-order valence-corrected chi connectivity index (χ2v) is 2.77. The van der Waals surface area contributed by atoms with Gasteiger partial charge in [0.05, 0.1) is 0 Å². The van der Waals surface area contributed by atoms with Gasteiger partial charge in [-0.1, -0.05) is 0 Å². The molecule has 15 heavy (non-hydrogen) atoms. The summed E-state index contributed by atoms with van der Waals surface area (Å²) in [6.45, 7) is 0. The molecule has 0 aromatic carbocycles. The molecule has 0 amide bonds. The molecule has 0 aliphatic rings. The number of hydrogen-bond acceptors (Lipinski definition) is 7. The van der Waals surface area contributed by atoms with Crippen molar-refractivity contribution in [1.29, 1.82) is 0 Å². The van der Waals surface area contributed by atoms with Gasteiger partial charge in [-0.15, -0.1) is 0 Å². The lowest BCUT2D eigenvalue weighted by molar-refractivity contribution is -0.297. The maximum absolute atomic E-state index is 10.3. The lowest BCUT2D eigenvalue weighted by atomic mass is 9.99. The molecule has 0 heterocycles. The lowest BCUT2D eigenvalue weighted by Gasteiger charge is -2.34. The van der Waals surface area contributed by atoms with Crippen molar-refractivity contribution in [3.05, 3.63) is 0 Å². The van der Waals surface area contributed by atoms with Crippen LogP contribution < -0.4 is 0 Å². The van der Waals surface area contributed by atoms with E-state index in [4.69, 9.17) is 15.3 Å². The second-order valence-electron chi connectivity index (χ2n) is 2.77. The zero-order valence-electron chi connectivity index (χ0n) is 7.77. The highest BCUT2D eigenvalue weighted by molar-refractivity contribution is 5.73. The first-order valence-corrected chi connectivity index (χ1v) is 3.81. The van der Waals surface area contributed by atoms with Crippen molar-refractivity contribution >= 4 is 12.3 Å². The van der Waals surface area contributed by atoms with Crippen molar-refractivity contribution < 1.29 is 39.9 Å². The number of hydrogen-bond donors (Lipinski definition) is 5. The Morgan fingerprint density at radius 1 is 1.40 bits per heavy atom. The van der Waals surface area contributed by atoms with Crippen molar-refractivity contribution in [3.8, 4) is 0 Å². The molecule has 8 nitrogen and oxygen atoms in total. The third kappa shape index (κ3) is 2.70. The summed E-state index contributed by atoms with van der Waals surface area (Å²) in [6.07, 6.45) is -7.01. The summed E-state index contributed by atoms with van der Waals surface area (Å²) in [6, 6.07) is 0. The van der Waals surface area contributed by atoms with Crippen molar-refractivity contribution in [2.24, 2.45) is 0 Å². The number of carboxylic acids is 1. The van der Waals surface area contributed by atoms with E-state index in [0.29, 0.717) is 0 Å². The molecule has 88 valence electrons. The van der Waals surface area contributed by atoms with Crippen LogP contribution in [0.3, 0.4) is 0 Å². The van der Waals surface area contributed by atoms with Crippen LogP contribution in [0.4, 0.5) is 0 Å². The molecule has 8 heteroatoms. The van der Waals surface area contributed by atoms with Crippen LogP contribution >= 0.6 is 0 Å². The van der Waals surface area contributed by atoms with E-state index in [1.807, 2.05) is 0 Å². The molecule has 0 saturated carbocycles. The summed E-state index contributed by atoms with van der Waals surface area (Å²) in [5.41, 5.74) is 0. The first-order valence-electron chi connectivity index (χ1n) is 3.81. The molecule has 0 radical (unpaired) electrons. The van der Waals surface area contributed by atoms with Gasteiger partial charge in [-0.3, -0.25) is 0 Å². The van der Waals surface area contributed by atoms with E-state index in [1.165, 1.54) is 0 Å². The van der Waals surface area contributed by atoms with Gasteiger partial charge in [-0.25, -0.2) is 4.79 Å². The largest absolute Gasteiger partial charge is 0.479 e. The van der Waals surface area contributed by atoms with E-state index in [0.717, 1.165) is 7.11 Å². The fraction of sp³-hybridized carbons (Fsp3) is 0.714. The molecule has 0 unspecified atom stereocenters. The van der Waals surface area contributed by atoms with Crippen LogP contribution in [0.15, 0.2) is 0 Å². The molecule has 0 aromatic heterocycles. The summed E-state index contributed by atoms with van der Waals surface area (Å²) in [5, 5.41) is 44.8. The summed E-state index contributed by atoms with van der Waals surface area (Å²) >= 11 is 0. The topological polar surface area (TPSA) is 145 Å². The van der Waals surface area contributed by atoms with E-state index < -0.39 is 30.1 Å². The van der Waals surface area contributed by atoms with Crippen LogP contribution in [0, 0.1) is 0 Å². The Kier molecular flexibility index (Phi) is 4.78. The van der Waals surface area contributed by atoms with Crippen LogP contribution in [-0.4, -0.2) is 69.0 Å². The fourth-order valence-electron chi connectivity index (χ4n) is 0.890. The molecule has 0 fully saturated rings. The Labute approximate surface area is 84.3 Å². The van der Waals surface area contributed by atoms with Crippen molar-refractivity contribution in [1.82, 2.24) is 0 Å². The van der Waals surface area contributed by atoms with Crippen LogP contribution in [0.5, 0.6) is 0 Å². The van der Waals surface area contributed by atoms with Gasteiger partial charge in [0.15, 0.2) is 6.29 Å². The molecule has 0 spiro atoms. The number of carbonyl (C=O) groups excluding carboxylic acids is 1. The third-order valence-corrected chi connectivity index (χ3v) is 1.84. The molecule has 0 rings (SSSR count). The predicted molar refractivity (Wildman–Crippen MR) is 43.7 cm³/mol. The highest BCUT2D eigenvalue weighted by Crippen LogP contribution is 2.19. The Bertz CT molecular complexity index is 241. The Hall–Kier alpha value is -1.06. The number of aliphatic hydroxyl groups is 4. The maximum atomic E-state index is 10.3. The normalized spacial score (nSPS) is 21.1. The first kappa shape index (κ1) is 13.9. The van der Waals surface area contributed by atoms with Gasteiger partial charge in [0, 0.05) is 7.11 Å². The number of carboxylic acid groups (broad SMARTS) is 1. The first-order chi connectivity index (χ1) is 6.81. The SMILES string of the molecule is CO[C@@](O)([C@H](O)C(=O)O)[C@H](O)[C@@H](O)C=O. The molecular weight excluding hydrogens is 212 g/mol. The standard InChI is InChI=1S/C7H12O8/c1-15-7(14,5(11)6(12)13)4(10)3(9)2-8/h2-5,9-11,14H,1H3,(H,12,13)/t3-,4+,5+,7+/m0/s1. The molecule has 0 aliphatic heterocycles. The fourth-order valence-corrected chi connectivity index (χ4v) is 0.890. The minimum atomic E-state index is -2.97. The number of methoxy groups -OCH3 is 1. The van der Waals surface area contributed by atoms with Crippen molar-refractivity contribution in [2.75, 3.05) is 7.11 Å². The van der Waals surface area contributed by atoms with Crippen LogP contribution in [0.2, 0.25) is 0 Å². The lowest BCUT2D eigenvalue weighted by Crippen LogP contribution is -2.60. The molecule has 0 aromatic rings. The molecule has 4 atom stereocenters. The zero-order chi connectivity index (χ0) is 12.2. The van der Waals surface area contributed by atoms with Gasteiger partial charge in [0.1, 0.15) is 12.2 Å². The molecule has 5 N–H and O–H groups in total. The summed E-state index contributed by atoms with van der Waals surface area (Å²) < 4.78 is 4.20. The minimum absolute atomic E-state index is 0.136. The predicted octanol–water partition coefficient (Wildman–Crippen LogP) is -3.31. The zero-order valence-corrected chi connectivity index (χ0v) is 7.77. The Balaban J connectivity index is 4.98. The molecule has 0 bridgehead atoms. The van der Waals surface area contributed by atoms with E-state index >= 15 is 0 Å². The summed E-state index contributed by atoms with van der Waals surface area (Å²) in [5.74, 6) is -4.84. The van der Waals surface area contributed by atoms with E-state index in [9.17, 15) is 19.8 Å². The Morgan fingerprint density at radius 3 is 2.13 bits per heavy atom. The number of rotatable bonds is 6. The smallest absolute Gasteiger partial charge is 0.338 e. The second kappa shape index (κ2) is 5.14. The third-order valence-electron chi connectivity index (χ3n) is 1.84. The number of aliphatic carboxylic acids is 1. The van der Waals surface area contributed by atoms with Crippen LogP contribution in [0.25, 0.3) is 0 Å². The summed E-state index contributed by atoms with van der Waals surface area (Å²) in [4.78, 5) is 20.4. The quantitative estimate of drug-likeness (QED) is 0.233. The molecule has 0 saturated heterocycles. The van der Waals surface area contributed by atoms with Gasteiger partial charge < -0.3 is 35.1 Å². The van der Waals surface area contributed by atoms with Gasteiger partial charge in [0.25, 0.3) is 0 Å². The monoisotopic (exact) mass is 224 g/mol. The molecular formula is C7H12O8. The van der Waals surface area contributed by atoms with Gasteiger partial charge in [0.2, 0.25) is 11.9 Å². The highest BCUT2D eigenvalue weighted by atomic mass is 16.6.